The molecule has 6 nitrogen and oxygen atoms in total. The number of rotatable bonds is 2. The fourth-order valence-corrected chi connectivity index (χ4v) is 1.31. The molecule has 0 unspecified atom stereocenters. The SMILES string of the molecule is CO[C@H]1O[C@H](CN)[C@@H](O)[C@H](O)[C@@H]1O. The maximum absolute atomic E-state index is 9.35. The zero-order valence-electron chi connectivity index (χ0n) is 7.33. The second-order valence-corrected chi connectivity index (χ2v) is 2.99. The lowest BCUT2D eigenvalue weighted by Gasteiger charge is -2.39. The number of aliphatic hydroxyl groups is 3. The molecule has 1 aliphatic rings. The van der Waals surface area contributed by atoms with E-state index in [2.05, 4.69) is 0 Å². The second kappa shape index (κ2) is 4.32. The van der Waals surface area contributed by atoms with Gasteiger partial charge in [0.2, 0.25) is 0 Å². The zero-order chi connectivity index (χ0) is 10.0. The molecule has 13 heavy (non-hydrogen) atoms. The van der Waals surface area contributed by atoms with E-state index in [0.29, 0.717) is 0 Å². The summed E-state index contributed by atoms with van der Waals surface area (Å²) in [5, 5.41) is 28.0. The van der Waals surface area contributed by atoms with Crippen molar-refractivity contribution >= 4 is 0 Å². The molecule has 0 radical (unpaired) electrons. The first-order valence-corrected chi connectivity index (χ1v) is 4.04. The predicted molar refractivity (Wildman–Crippen MR) is 42.7 cm³/mol. The van der Waals surface area contributed by atoms with Gasteiger partial charge in [0.15, 0.2) is 6.29 Å². The van der Waals surface area contributed by atoms with Gasteiger partial charge in [0.05, 0.1) is 0 Å². The summed E-state index contributed by atoms with van der Waals surface area (Å²) in [6.45, 7) is 0.0603. The lowest BCUT2D eigenvalue weighted by molar-refractivity contribution is -0.287. The van der Waals surface area contributed by atoms with Crippen molar-refractivity contribution in [2.75, 3.05) is 13.7 Å². The molecule has 1 saturated heterocycles. The molecule has 1 fully saturated rings. The Bertz CT molecular complexity index is 147. The number of aliphatic hydroxyl groups excluding tert-OH is 3. The predicted octanol–water partition coefficient (Wildman–Crippen LogP) is -2.60. The number of hydrogen-bond donors (Lipinski definition) is 4. The molecule has 0 spiro atoms. The third-order valence-corrected chi connectivity index (χ3v) is 2.13. The highest BCUT2D eigenvalue weighted by Gasteiger charge is 2.43. The van der Waals surface area contributed by atoms with Gasteiger partial charge in [-0.1, -0.05) is 0 Å². The quantitative estimate of drug-likeness (QED) is 0.383. The molecule has 0 bridgehead atoms. The van der Waals surface area contributed by atoms with Crippen LogP contribution in [0.3, 0.4) is 0 Å². The van der Waals surface area contributed by atoms with Crippen LogP contribution in [-0.4, -0.2) is 59.7 Å². The van der Waals surface area contributed by atoms with Gasteiger partial charge in [-0.2, -0.15) is 0 Å². The summed E-state index contributed by atoms with van der Waals surface area (Å²) in [5.74, 6) is 0. The minimum Gasteiger partial charge on any atom is -0.388 e. The van der Waals surface area contributed by atoms with Crippen LogP contribution in [0.5, 0.6) is 0 Å². The maximum Gasteiger partial charge on any atom is 0.186 e. The van der Waals surface area contributed by atoms with Crippen molar-refractivity contribution in [3.63, 3.8) is 0 Å². The summed E-state index contributed by atoms with van der Waals surface area (Å²) >= 11 is 0. The number of ether oxygens (including phenoxy) is 2. The standard InChI is InChI=1S/C7H15NO5/c1-12-7-6(11)5(10)4(9)3(2-8)13-7/h3-7,9-11H,2,8H2,1H3/t3-,4-,5+,6+,7+/m1/s1. The van der Waals surface area contributed by atoms with E-state index in [1.54, 1.807) is 0 Å². The van der Waals surface area contributed by atoms with Gasteiger partial charge in [0.1, 0.15) is 24.4 Å². The van der Waals surface area contributed by atoms with Gasteiger partial charge in [-0.05, 0) is 0 Å². The van der Waals surface area contributed by atoms with E-state index in [4.69, 9.17) is 15.2 Å². The maximum atomic E-state index is 9.35. The van der Waals surface area contributed by atoms with Crippen LogP contribution in [0.1, 0.15) is 0 Å². The molecule has 1 rings (SSSR count). The Kier molecular flexibility index (Phi) is 3.60. The normalized spacial score (nSPS) is 46.4. The topological polar surface area (TPSA) is 105 Å². The molecule has 5 N–H and O–H groups in total. The lowest BCUT2D eigenvalue weighted by atomic mass is 9.99. The minimum atomic E-state index is -1.28. The molecule has 6 heteroatoms. The van der Waals surface area contributed by atoms with Crippen LogP contribution >= 0.6 is 0 Å². The van der Waals surface area contributed by atoms with Crippen molar-refractivity contribution < 1.29 is 24.8 Å². The zero-order valence-corrected chi connectivity index (χ0v) is 7.33. The highest BCUT2D eigenvalue weighted by Crippen LogP contribution is 2.20. The summed E-state index contributed by atoms with van der Waals surface area (Å²) in [6.07, 6.45) is -5.35. The summed E-state index contributed by atoms with van der Waals surface area (Å²) in [7, 11) is 1.34. The average molecular weight is 193 g/mol. The van der Waals surface area contributed by atoms with Crippen LogP contribution < -0.4 is 5.73 Å². The van der Waals surface area contributed by atoms with Gasteiger partial charge in [-0.15, -0.1) is 0 Å². The first kappa shape index (κ1) is 10.8. The largest absolute Gasteiger partial charge is 0.388 e. The molecule has 78 valence electrons. The number of hydrogen-bond acceptors (Lipinski definition) is 6. The Morgan fingerprint density at radius 2 is 1.85 bits per heavy atom. The fraction of sp³-hybridized carbons (Fsp3) is 1.00. The molecular formula is C7H15NO5. The van der Waals surface area contributed by atoms with E-state index >= 15 is 0 Å². The first-order chi connectivity index (χ1) is 6.11. The van der Waals surface area contributed by atoms with Gasteiger partial charge < -0.3 is 30.5 Å². The van der Waals surface area contributed by atoms with Gasteiger partial charge in [-0.25, -0.2) is 0 Å². The van der Waals surface area contributed by atoms with Crippen LogP contribution in [0.25, 0.3) is 0 Å². The van der Waals surface area contributed by atoms with Crippen molar-refractivity contribution in [3.8, 4) is 0 Å². The van der Waals surface area contributed by atoms with E-state index < -0.39 is 30.7 Å². The number of methoxy groups -OCH3 is 1. The van der Waals surface area contributed by atoms with Gasteiger partial charge in [-0.3, -0.25) is 0 Å². The third kappa shape index (κ3) is 1.98. The van der Waals surface area contributed by atoms with Crippen molar-refractivity contribution in [3.05, 3.63) is 0 Å². The number of nitrogens with two attached hydrogens (primary N) is 1. The molecule has 0 saturated carbocycles. The van der Waals surface area contributed by atoms with Crippen molar-refractivity contribution in [2.45, 2.75) is 30.7 Å². The molecular weight excluding hydrogens is 178 g/mol. The first-order valence-electron chi connectivity index (χ1n) is 4.04. The molecule has 1 heterocycles. The summed E-state index contributed by atoms with van der Waals surface area (Å²) in [6, 6.07) is 0. The Morgan fingerprint density at radius 3 is 2.31 bits per heavy atom. The Morgan fingerprint density at radius 1 is 1.23 bits per heavy atom. The van der Waals surface area contributed by atoms with Gasteiger partial charge in [0.25, 0.3) is 0 Å². The second-order valence-electron chi connectivity index (χ2n) is 2.99. The lowest BCUT2D eigenvalue weighted by Crippen LogP contribution is -2.59. The van der Waals surface area contributed by atoms with Crippen LogP contribution in [0.4, 0.5) is 0 Å². The summed E-state index contributed by atoms with van der Waals surface area (Å²) in [5.41, 5.74) is 5.28. The molecule has 0 aromatic carbocycles. The van der Waals surface area contributed by atoms with E-state index in [1.807, 2.05) is 0 Å². The van der Waals surface area contributed by atoms with E-state index in [-0.39, 0.29) is 6.54 Å². The Balaban J connectivity index is 2.66. The van der Waals surface area contributed by atoms with E-state index in [1.165, 1.54) is 7.11 Å². The fourth-order valence-electron chi connectivity index (χ4n) is 1.31. The van der Waals surface area contributed by atoms with Crippen LogP contribution in [0.2, 0.25) is 0 Å². The van der Waals surface area contributed by atoms with Gasteiger partial charge >= 0.3 is 0 Å². The summed E-state index contributed by atoms with van der Waals surface area (Å²) < 4.78 is 9.83. The molecule has 0 aromatic heterocycles. The molecule has 0 aliphatic carbocycles. The monoisotopic (exact) mass is 193 g/mol. The van der Waals surface area contributed by atoms with Crippen LogP contribution in [-0.2, 0) is 9.47 Å². The highest BCUT2D eigenvalue weighted by atomic mass is 16.7. The van der Waals surface area contributed by atoms with Crippen LogP contribution in [0.15, 0.2) is 0 Å². The average Bonchev–Trinajstić information content (AvgIpc) is 2.15. The molecule has 1 aliphatic heterocycles. The Labute approximate surface area is 75.9 Å². The Hall–Kier alpha value is -0.240. The third-order valence-electron chi connectivity index (χ3n) is 2.13. The van der Waals surface area contributed by atoms with E-state index in [0.717, 1.165) is 0 Å². The van der Waals surface area contributed by atoms with E-state index in [9.17, 15) is 15.3 Å². The molecule has 5 atom stereocenters. The van der Waals surface area contributed by atoms with Crippen molar-refractivity contribution in [2.24, 2.45) is 5.73 Å². The minimum absolute atomic E-state index is 0.0603. The smallest absolute Gasteiger partial charge is 0.186 e. The summed E-state index contributed by atoms with van der Waals surface area (Å²) in [4.78, 5) is 0. The molecule has 0 amide bonds. The van der Waals surface area contributed by atoms with Crippen molar-refractivity contribution in [1.29, 1.82) is 0 Å². The molecule has 0 aromatic rings. The van der Waals surface area contributed by atoms with Crippen LogP contribution in [0, 0.1) is 0 Å². The van der Waals surface area contributed by atoms with Crippen molar-refractivity contribution in [1.82, 2.24) is 0 Å². The van der Waals surface area contributed by atoms with Gasteiger partial charge in [0, 0.05) is 13.7 Å². The highest BCUT2D eigenvalue weighted by molar-refractivity contribution is 4.89.